The fourth-order valence-electron chi connectivity index (χ4n) is 16.3. The van der Waals surface area contributed by atoms with Crippen molar-refractivity contribution in [2.75, 3.05) is 0 Å². The molecule has 0 fully saturated rings. The molecule has 0 saturated heterocycles. The zero-order valence-electron chi connectivity index (χ0n) is 65.5. The van der Waals surface area contributed by atoms with Crippen LogP contribution in [-0.4, -0.2) is 15.4 Å². The minimum atomic E-state index is -4.82. The molecule has 0 bridgehead atoms. The molecular formula is C89H171O5P. The van der Waals surface area contributed by atoms with E-state index < -0.39 is 7.82 Å². The van der Waals surface area contributed by atoms with Gasteiger partial charge in [-0.25, -0.2) is 4.57 Å². The molecule has 0 aromatic heterocycles. The number of phosphoric ester groups is 1. The molecule has 1 heterocycles. The zero-order valence-corrected chi connectivity index (χ0v) is 66.4. The molecule has 1 aliphatic rings. The van der Waals surface area contributed by atoms with Crippen molar-refractivity contribution in [3.8, 4) is 11.5 Å². The summed E-state index contributed by atoms with van der Waals surface area (Å²) < 4.78 is 27.2. The molecule has 2 rings (SSSR count). The van der Waals surface area contributed by atoms with Crippen LogP contribution in [0.4, 0.5) is 0 Å². The molecule has 95 heavy (non-hydrogen) atoms. The third-order valence-corrected chi connectivity index (χ3v) is 23.0. The summed E-state index contributed by atoms with van der Waals surface area (Å²) in [7, 11) is -4.82. The molecule has 0 spiro atoms. The number of benzene rings is 1. The summed E-state index contributed by atoms with van der Waals surface area (Å²) in [5, 5.41) is 0. The third kappa shape index (κ3) is 53.5. The van der Waals surface area contributed by atoms with Crippen LogP contribution in [0.15, 0.2) is 6.07 Å². The molecule has 1 unspecified atom stereocenters. The highest BCUT2D eigenvalue weighted by Crippen LogP contribution is 2.54. The first-order valence-corrected chi connectivity index (χ1v) is 45.9. The van der Waals surface area contributed by atoms with Crippen LogP contribution < -0.4 is 9.26 Å². The van der Waals surface area contributed by atoms with Crippen LogP contribution in [0, 0.1) is 0 Å². The minimum absolute atomic E-state index is 0.204. The van der Waals surface area contributed by atoms with Gasteiger partial charge in [-0.05, 0) is 76.2 Å². The van der Waals surface area contributed by atoms with Crippen LogP contribution in [-0.2, 0) is 17.4 Å². The number of hydrogen-bond acceptors (Lipinski definition) is 3. The normalized spacial score (nSPS) is 13.9. The first-order chi connectivity index (χ1) is 46.7. The second kappa shape index (κ2) is 67.5. The lowest BCUT2D eigenvalue weighted by Crippen LogP contribution is -2.42. The van der Waals surface area contributed by atoms with Gasteiger partial charge >= 0.3 is 7.82 Å². The fraction of sp³-hybridized carbons (Fsp3) is 0.933. The van der Waals surface area contributed by atoms with Crippen LogP contribution in [0.1, 0.15) is 532 Å². The van der Waals surface area contributed by atoms with Gasteiger partial charge in [-0.3, -0.25) is 9.79 Å². The monoisotopic (exact) mass is 1350 g/mol. The molecular weight excluding hydrogens is 1180 g/mol. The number of fused-ring (bicyclic) bond motifs is 1. The van der Waals surface area contributed by atoms with Gasteiger partial charge < -0.3 is 9.26 Å². The highest BCUT2D eigenvalue weighted by molar-refractivity contribution is 7.46. The van der Waals surface area contributed by atoms with Crippen molar-refractivity contribution < 1.29 is 23.6 Å². The highest BCUT2D eigenvalue weighted by Gasteiger charge is 2.42. The number of unbranched alkanes of at least 4 members (excludes halogenated alkanes) is 65. The maximum Gasteiger partial charge on any atom is 0.524 e. The quantitative estimate of drug-likeness (QED) is 0.0502. The summed E-state index contributed by atoms with van der Waals surface area (Å²) in [6.45, 7) is 11.6. The van der Waals surface area contributed by atoms with E-state index in [2.05, 4.69) is 40.7 Å². The van der Waals surface area contributed by atoms with Crippen molar-refractivity contribution in [2.24, 2.45) is 0 Å². The van der Waals surface area contributed by atoms with E-state index in [-0.39, 0.29) is 5.60 Å². The topological polar surface area (TPSA) is 76.0 Å². The van der Waals surface area contributed by atoms with E-state index in [1.165, 1.54) is 441 Å². The van der Waals surface area contributed by atoms with Crippen LogP contribution in [0.2, 0.25) is 0 Å². The Balaban J connectivity index is 2.45. The molecule has 1 aromatic rings. The van der Waals surface area contributed by atoms with E-state index in [4.69, 9.17) is 9.26 Å². The van der Waals surface area contributed by atoms with Crippen molar-refractivity contribution in [1.29, 1.82) is 0 Å². The number of hydrogen-bond donors (Lipinski definition) is 2. The second-order valence-electron chi connectivity index (χ2n) is 31.8. The SMILES string of the molecule is CCCCCCCCCCCCCCCCc1c(OP(=O)(O)O)cc2c(c1CCCCCCCCCCCCCCCC)OC(CCCCCCCCCCCCCCCC)(CCCCCCCCCCCCCCCC)CC2CCCCCCCCCCCCCCCC. The van der Waals surface area contributed by atoms with E-state index >= 15 is 0 Å². The Morgan fingerprint density at radius 1 is 0.326 bits per heavy atom. The van der Waals surface area contributed by atoms with Crippen molar-refractivity contribution in [1.82, 2.24) is 0 Å². The van der Waals surface area contributed by atoms with E-state index in [0.717, 1.165) is 69.1 Å². The average molecular weight is 1350 g/mol. The van der Waals surface area contributed by atoms with Crippen molar-refractivity contribution in [2.45, 2.75) is 534 Å². The second-order valence-corrected chi connectivity index (χ2v) is 33.0. The molecule has 6 heteroatoms. The summed E-state index contributed by atoms with van der Waals surface area (Å²) in [5.74, 6) is 1.90. The van der Waals surface area contributed by atoms with Gasteiger partial charge in [-0.2, -0.15) is 0 Å². The molecule has 1 atom stereocenters. The van der Waals surface area contributed by atoms with Crippen LogP contribution in [0.3, 0.4) is 0 Å². The summed E-state index contributed by atoms with van der Waals surface area (Å²) in [6.07, 6.45) is 101. The number of rotatable bonds is 77. The van der Waals surface area contributed by atoms with Crippen molar-refractivity contribution in [3.63, 3.8) is 0 Å². The minimum Gasteiger partial charge on any atom is -0.487 e. The van der Waals surface area contributed by atoms with Crippen LogP contribution >= 0.6 is 7.82 Å². The van der Waals surface area contributed by atoms with Gasteiger partial charge in [0, 0.05) is 16.7 Å². The largest absolute Gasteiger partial charge is 0.524 e. The number of ether oxygens (including phenoxy) is 1. The maximum atomic E-state index is 13.2. The van der Waals surface area contributed by atoms with E-state index in [9.17, 15) is 14.4 Å². The first kappa shape index (κ1) is 90.1. The summed E-state index contributed by atoms with van der Waals surface area (Å²) in [4.78, 5) is 21.5. The van der Waals surface area contributed by atoms with E-state index in [0.29, 0.717) is 11.7 Å². The Labute approximate surface area is 596 Å². The van der Waals surface area contributed by atoms with Gasteiger partial charge in [-0.1, -0.05) is 458 Å². The van der Waals surface area contributed by atoms with Crippen LogP contribution in [0.25, 0.3) is 0 Å². The Morgan fingerprint density at radius 3 is 0.800 bits per heavy atom. The Kier molecular flexibility index (Phi) is 63.9. The third-order valence-electron chi connectivity index (χ3n) is 22.5. The Morgan fingerprint density at radius 2 is 0.547 bits per heavy atom. The predicted molar refractivity (Wildman–Crippen MR) is 423 cm³/mol. The molecule has 1 aromatic carbocycles. The average Bonchev–Trinajstić information content (AvgIpc) is 0.750. The molecule has 0 aliphatic carbocycles. The lowest BCUT2D eigenvalue weighted by Gasteiger charge is -2.44. The van der Waals surface area contributed by atoms with Gasteiger partial charge in [0.15, 0.2) is 0 Å². The number of phosphoric acid groups is 1. The van der Waals surface area contributed by atoms with Gasteiger partial charge in [0.1, 0.15) is 17.1 Å². The van der Waals surface area contributed by atoms with Gasteiger partial charge in [-0.15, -0.1) is 0 Å². The van der Waals surface area contributed by atoms with Crippen LogP contribution in [0.5, 0.6) is 11.5 Å². The Bertz CT molecular complexity index is 1760. The summed E-state index contributed by atoms with van der Waals surface area (Å²) in [5.41, 5.74) is 3.33. The molecule has 5 nitrogen and oxygen atoms in total. The highest BCUT2D eigenvalue weighted by atomic mass is 31.2. The van der Waals surface area contributed by atoms with Gasteiger partial charge in [0.05, 0.1) is 0 Å². The predicted octanol–water partition coefficient (Wildman–Crippen LogP) is 32.4. The standard InChI is InChI=1S/C89H171O5P/c1-6-11-16-21-26-31-36-41-46-51-56-61-66-71-76-83-82-89(79-74-69-64-59-54-49-44-39-34-29-24-19-14-9-4,80-75-70-65-60-55-50-45-40-35-30-25-20-15-10-5)93-88-85(78-73-68-63-58-53-48-43-38-33-28-23-18-13-8-3)84(87(81-86(83)88)94-95(90,91)92)77-72-67-62-57-52-47-42-37-32-27-22-17-12-7-2/h81,83H,6-80,82H2,1-5H3,(H2,90,91,92). The molecule has 1 aliphatic heterocycles. The Hall–Kier alpha value is -1.03. The first-order valence-electron chi connectivity index (χ1n) is 44.4. The van der Waals surface area contributed by atoms with E-state index in [1.807, 2.05) is 0 Å². The lowest BCUT2D eigenvalue weighted by molar-refractivity contribution is 0.0113. The summed E-state index contributed by atoms with van der Waals surface area (Å²) >= 11 is 0. The van der Waals surface area contributed by atoms with Crippen molar-refractivity contribution in [3.05, 3.63) is 22.8 Å². The molecule has 0 amide bonds. The maximum absolute atomic E-state index is 13.2. The summed E-state index contributed by atoms with van der Waals surface area (Å²) in [6, 6.07) is 2.14. The molecule has 0 saturated carbocycles. The van der Waals surface area contributed by atoms with Gasteiger partial charge in [0.25, 0.3) is 0 Å². The van der Waals surface area contributed by atoms with Gasteiger partial charge in [0.2, 0.25) is 0 Å². The lowest BCUT2D eigenvalue weighted by atomic mass is 9.74. The van der Waals surface area contributed by atoms with E-state index in [1.54, 1.807) is 0 Å². The zero-order chi connectivity index (χ0) is 68.3. The molecule has 2 N–H and O–H groups in total. The smallest absolute Gasteiger partial charge is 0.487 e. The fourth-order valence-corrected chi connectivity index (χ4v) is 16.7. The molecule has 562 valence electrons. The molecule has 0 radical (unpaired) electrons. The van der Waals surface area contributed by atoms with Crippen molar-refractivity contribution >= 4 is 7.82 Å².